The number of ether oxygens (including phenoxy) is 1. The summed E-state index contributed by atoms with van der Waals surface area (Å²) in [7, 11) is 0. The third kappa shape index (κ3) is 4.69. The normalized spacial score (nSPS) is 10.3. The number of hydrogen-bond acceptors (Lipinski definition) is 4. The molecule has 27 heavy (non-hydrogen) atoms. The van der Waals surface area contributed by atoms with Crippen LogP contribution >= 0.6 is 0 Å². The topological polar surface area (TPSA) is 80.6 Å². The number of carbonyl (C=O) groups excluding carboxylic acids is 2. The number of amides is 2. The summed E-state index contributed by atoms with van der Waals surface area (Å²) in [5, 5.41) is 0. The lowest BCUT2D eigenvalue weighted by Crippen LogP contribution is -2.41. The molecule has 0 bridgehead atoms. The van der Waals surface area contributed by atoms with Crippen molar-refractivity contribution < 1.29 is 27.5 Å². The van der Waals surface area contributed by atoms with E-state index < -0.39 is 23.4 Å². The van der Waals surface area contributed by atoms with Crippen LogP contribution in [0.25, 0.3) is 0 Å². The van der Waals surface area contributed by atoms with Gasteiger partial charge in [-0.2, -0.15) is 0 Å². The second-order valence-corrected chi connectivity index (χ2v) is 5.40. The van der Waals surface area contributed by atoms with E-state index in [-0.39, 0.29) is 17.9 Å². The van der Waals surface area contributed by atoms with Crippen molar-refractivity contribution in [3.8, 4) is 5.75 Å². The van der Waals surface area contributed by atoms with E-state index >= 15 is 0 Å². The van der Waals surface area contributed by atoms with Crippen LogP contribution < -0.4 is 15.6 Å². The Kier molecular flexibility index (Phi) is 5.46. The first-order valence-electron chi connectivity index (χ1n) is 7.85. The highest BCUT2D eigenvalue weighted by Crippen LogP contribution is 2.14. The fourth-order valence-corrected chi connectivity index (χ4v) is 2.13. The lowest BCUT2D eigenvalue weighted by atomic mass is 10.2. The molecular weight excluding hydrogens is 358 g/mol. The van der Waals surface area contributed by atoms with Gasteiger partial charge in [-0.1, -0.05) is 18.2 Å². The molecule has 0 aliphatic rings. The first kappa shape index (κ1) is 18.1. The predicted octanol–water partition coefficient (Wildman–Crippen LogP) is 3.21. The molecule has 2 amide bonds. The van der Waals surface area contributed by atoms with E-state index in [1.54, 1.807) is 18.2 Å². The Balaban J connectivity index is 1.53. The molecule has 0 radical (unpaired) electrons. The number of rotatable bonds is 5. The van der Waals surface area contributed by atoms with Gasteiger partial charge in [0.25, 0.3) is 5.91 Å². The highest BCUT2D eigenvalue weighted by molar-refractivity contribution is 5.97. The van der Waals surface area contributed by atoms with Gasteiger partial charge in [0.15, 0.2) is 17.4 Å². The van der Waals surface area contributed by atoms with Gasteiger partial charge in [-0.05, 0) is 42.5 Å². The van der Waals surface area contributed by atoms with Gasteiger partial charge in [0.2, 0.25) is 0 Å². The van der Waals surface area contributed by atoms with Gasteiger partial charge in [-0.25, -0.2) is 8.78 Å². The van der Waals surface area contributed by atoms with E-state index in [1.807, 2.05) is 18.2 Å². The van der Waals surface area contributed by atoms with E-state index in [0.717, 1.165) is 18.2 Å². The molecular formula is C19H14F2N2O4. The van der Waals surface area contributed by atoms with Gasteiger partial charge >= 0.3 is 5.91 Å². The first-order valence-corrected chi connectivity index (χ1v) is 7.85. The summed E-state index contributed by atoms with van der Waals surface area (Å²) in [5.74, 6) is -2.74. The lowest BCUT2D eigenvalue weighted by molar-refractivity contribution is 0.0828. The van der Waals surface area contributed by atoms with Crippen LogP contribution in [0, 0.1) is 11.6 Å². The number of benzene rings is 2. The molecule has 1 heterocycles. The Labute approximate surface area is 152 Å². The zero-order chi connectivity index (χ0) is 19.2. The maximum absolute atomic E-state index is 13.1. The Morgan fingerprint density at radius 1 is 0.889 bits per heavy atom. The molecule has 6 nitrogen and oxygen atoms in total. The van der Waals surface area contributed by atoms with Gasteiger partial charge in [0.1, 0.15) is 18.1 Å². The Morgan fingerprint density at radius 3 is 2.37 bits per heavy atom. The number of hydrazine groups is 1. The van der Waals surface area contributed by atoms with Crippen LogP contribution in [0.2, 0.25) is 0 Å². The summed E-state index contributed by atoms with van der Waals surface area (Å²) in [4.78, 5) is 23.8. The van der Waals surface area contributed by atoms with Crippen molar-refractivity contribution >= 4 is 11.8 Å². The summed E-state index contributed by atoms with van der Waals surface area (Å²) >= 11 is 0. The SMILES string of the molecule is O=C(NNC(=O)c1ccc(COc2ccccc2)o1)c1ccc(F)c(F)c1. The monoisotopic (exact) mass is 372 g/mol. The van der Waals surface area contributed by atoms with E-state index in [4.69, 9.17) is 9.15 Å². The molecule has 8 heteroatoms. The highest BCUT2D eigenvalue weighted by atomic mass is 19.2. The van der Waals surface area contributed by atoms with Crippen LogP contribution in [0.5, 0.6) is 5.75 Å². The quantitative estimate of drug-likeness (QED) is 0.674. The van der Waals surface area contributed by atoms with Gasteiger partial charge in [-0.15, -0.1) is 0 Å². The maximum Gasteiger partial charge on any atom is 0.305 e. The summed E-state index contributed by atoms with van der Waals surface area (Å²) in [6, 6.07) is 14.7. The average molecular weight is 372 g/mol. The fourth-order valence-electron chi connectivity index (χ4n) is 2.13. The minimum Gasteiger partial charge on any atom is -0.486 e. The van der Waals surface area contributed by atoms with Gasteiger partial charge in [0.05, 0.1) is 0 Å². The number of furan rings is 1. The van der Waals surface area contributed by atoms with Gasteiger partial charge in [-0.3, -0.25) is 20.4 Å². The van der Waals surface area contributed by atoms with Crippen molar-refractivity contribution in [2.75, 3.05) is 0 Å². The zero-order valence-corrected chi connectivity index (χ0v) is 13.9. The van der Waals surface area contributed by atoms with E-state index in [2.05, 4.69) is 10.9 Å². The average Bonchev–Trinajstić information content (AvgIpc) is 3.16. The molecule has 3 aromatic rings. The van der Waals surface area contributed by atoms with Crippen molar-refractivity contribution in [2.24, 2.45) is 0 Å². The summed E-state index contributed by atoms with van der Waals surface area (Å²) in [6.07, 6.45) is 0. The highest BCUT2D eigenvalue weighted by Gasteiger charge is 2.14. The summed E-state index contributed by atoms with van der Waals surface area (Å²) in [6.45, 7) is 0.124. The molecule has 2 N–H and O–H groups in total. The summed E-state index contributed by atoms with van der Waals surface area (Å²) in [5.41, 5.74) is 4.07. The Bertz CT molecular complexity index is 957. The van der Waals surface area contributed by atoms with Gasteiger partial charge in [0, 0.05) is 5.56 Å². The number of hydrogen-bond donors (Lipinski definition) is 2. The minimum absolute atomic E-state index is 0.0488. The minimum atomic E-state index is -1.16. The number of carbonyl (C=O) groups is 2. The van der Waals surface area contributed by atoms with Crippen LogP contribution in [-0.4, -0.2) is 11.8 Å². The fraction of sp³-hybridized carbons (Fsp3) is 0.0526. The molecule has 0 saturated carbocycles. The first-order chi connectivity index (χ1) is 13.0. The van der Waals surface area contributed by atoms with E-state index in [9.17, 15) is 18.4 Å². The third-order valence-electron chi connectivity index (χ3n) is 3.48. The standard InChI is InChI=1S/C19H14F2N2O4/c20-15-8-6-12(10-16(15)21)18(24)22-23-19(25)17-9-7-14(27-17)11-26-13-4-2-1-3-5-13/h1-10H,11H2,(H,22,24)(H,23,25). The van der Waals surface area contributed by atoms with Crippen molar-refractivity contribution in [1.82, 2.24) is 10.9 Å². The van der Waals surface area contributed by atoms with Crippen molar-refractivity contribution in [1.29, 1.82) is 0 Å². The second kappa shape index (κ2) is 8.13. The van der Waals surface area contributed by atoms with Gasteiger partial charge < -0.3 is 9.15 Å². The van der Waals surface area contributed by atoms with Crippen molar-refractivity contribution in [3.05, 3.63) is 89.4 Å². The molecule has 0 aliphatic heterocycles. The number of halogens is 2. The van der Waals surface area contributed by atoms with Crippen LogP contribution in [0.15, 0.2) is 65.1 Å². The third-order valence-corrected chi connectivity index (χ3v) is 3.48. The van der Waals surface area contributed by atoms with Crippen molar-refractivity contribution in [3.63, 3.8) is 0 Å². The molecule has 1 aromatic heterocycles. The van der Waals surface area contributed by atoms with E-state index in [0.29, 0.717) is 11.5 Å². The number of nitrogens with one attached hydrogen (secondary N) is 2. The van der Waals surface area contributed by atoms with Crippen molar-refractivity contribution in [2.45, 2.75) is 6.61 Å². The Hall–Kier alpha value is -3.68. The van der Waals surface area contributed by atoms with Crippen LogP contribution in [-0.2, 0) is 6.61 Å². The second-order valence-electron chi connectivity index (χ2n) is 5.40. The maximum atomic E-state index is 13.1. The lowest BCUT2D eigenvalue weighted by Gasteiger charge is -2.06. The molecule has 0 aliphatic carbocycles. The molecule has 138 valence electrons. The molecule has 3 rings (SSSR count). The molecule has 0 saturated heterocycles. The molecule has 0 spiro atoms. The van der Waals surface area contributed by atoms with Crippen LogP contribution in [0.4, 0.5) is 8.78 Å². The van der Waals surface area contributed by atoms with Crippen LogP contribution in [0.1, 0.15) is 26.7 Å². The predicted molar refractivity (Wildman–Crippen MR) is 90.8 cm³/mol. The van der Waals surface area contributed by atoms with E-state index in [1.165, 1.54) is 6.07 Å². The molecule has 0 unspecified atom stereocenters. The molecule has 2 aromatic carbocycles. The smallest absolute Gasteiger partial charge is 0.305 e. The number of para-hydroxylation sites is 1. The zero-order valence-electron chi connectivity index (χ0n) is 13.9. The van der Waals surface area contributed by atoms with Crippen LogP contribution in [0.3, 0.4) is 0 Å². The molecule has 0 atom stereocenters. The Morgan fingerprint density at radius 2 is 1.63 bits per heavy atom. The largest absolute Gasteiger partial charge is 0.486 e. The molecule has 0 fully saturated rings. The summed E-state index contributed by atoms with van der Waals surface area (Å²) < 4.78 is 36.8.